The number of hydrogen-bond donors (Lipinski definition) is 0. The van der Waals surface area contributed by atoms with Crippen LogP contribution in [0.2, 0.25) is 0 Å². The van der Waals surface area contributed by atoms with Crippen LogP contribution in [0.15, 0.2) is 35.7 Å². The first-order valence-electron chi connectivity index (χ1n) is 8.43. The molecule has 1 aromatic heterocycles. The highest BCUT2D eigenvalue weighted by atomic mass is 32.1. The van der Waals surface area contributed by atoms with Crippen LogP contribution >= 0.6 is 11.3 Å². The zero-order valence-electron chi connectivity index (χ0n) is 14.7. The van der Waals surface area contributed by atoms with E-state index in [1.807, 2.05) is 48.6 Å². The number of thiophene rings is 1. The zero-order chi connectivity index (χ0) is 17.6. The molecule has 0 radical (unpaired) electrons. The number of carbonyl (C=O) groups excluding carboxylic acids is 1. The standard InChI is InChI=1S/C19H24N2O3S/c1-20(2)7-9-23-14-15-5-6-17-16(12-15)13-21(8-10-24-17)19(22)18-4-3-11-25-18/h3-6,11-12H,7-10,13-14H2,1-2H3. The number of hydrogen-bond acceptors (Lipinski definition) is 5. The predicted molar refractivity (Wildman–Crippen MR) is 99.2 cm³/mol. The molecule has 6 heteroatoms. The highest BCUT2D eigenvalue weighted by Crippen LogP contribution is 2.26. The normalized spacial score (nSPS) is 14.1. The topological polar surface area (TPSA) is 42.0 Å². The molecule has 134 valence electrons. The van der Waals surface area contributed by atoms with E-state index in [0.29, 0.717) is 32.9 Å². The summed E-state index contributed by atoms with van der Waals surface area (Å²) < 4.78 is 11.5. The summed E-state index contributed by atoms with van der Waals surface area (Å²) in [6.45, 7) is 3.85. The van der Waals surface area contributed by atoms with Crippen molar-refractivity contribution < 1.29 is 14.3 Å². The number of ether oxygens (including phenoxy) is 2. The van der Waals surface area contributed by atoms with Crippen LogP contribution < -0.4 is 4.74 Å². The highest BCUT2D eigenvalue weighted by Gasteiger charge is 2.21. The molecule has 0 spiro atoms. The maximum Gasteiger partial charge on any atom is 0.264 e. The van der Waals surface area contributed by atoms with E-state index in [0.717, 1.165) is 28.3 Å². The van der Waals surface area contributed by atoms with Crippen LogP contribution in [-0.4, -0.2) is 56.1 Å². The van der Waals surface area contributed by atoms with Gasteiger partial charge in [0.15, 0.2) is 0 Å². The van der Waals surface area contributed by atoms with Gasteiger partial charge in [0.25, 0.3) is 5.91 Å². The zero-order valence-corrected chi connectivity index (χ0v) is 15.6. The second-order valence-corrected chi connectivity index (χ2v) is 7.30. The Morgan fingerprint density at radius 3 is 3.00 bits per heavy atom. The van der Waals surface area contributed by atoms with Gasteiger partial charge in [0.2, 0.25) is 0 Å². The van der Waals surface area contributed by atoms with Crippen molar-refractivity contribution in [1.29, 1.82) is 0 Å². The molecule has 5 nitrogen and oxygen atoms in total. The van der Waals surface area contributed by atoms with Crippen LogP contribution in [0.4, 0.5) is 0 Å². The Morgan fingerprint density at radius 1 is 1.36 bits per heavy atom. The van der Waals surface area contributed by atoms with Crippen LogP contribution in [0, 0.1) is 0 Å². The average Bonchev–Trinajstić information content (AvgIpc) is 3.05. The Balaban J connectivity index is 1.67. The van der Waals surface area contributed by atoms with E-state index in [1.54, 1.807) is 0 Å². The number of benzene rings is 1. The minimum absolute atomic E-state index is 0.0686. The molecule has 2 heterocycles. The van der Waals surface area contributed by atoms with Crippen molar-refractivity contribution >= 4 is 17.2 Å². The van der Waals surface area contributed by atoms with Crippen LogP contribution in [0.25, 0.3) is 0 Å². The van der Waals surface area contributed by atoms with Gasteiger partial charge in [-0.05, 0) is 43.2 Å². The quantitative estimate of drug-likeness (QED) is 0.743. The molecule has 0 atom stereocenters. The third kappa shape index (κ3) is 4.81. The van der Waals surface area contributed by atoms with Gasteiger partial charge in [-0.15, -0.1) is 11.3 Å². The minimum atomic E-state index is 0.0686. The maximum absolute atomic E-state index is 12.6. The van der Waals surface area contributed by atoms with Crippen molar-refractivity contribution in [2.45, 2.75) is 13.2 Å². The molecule has 3 rings (SSSR count). The first-order valence-corrected chi connectivity index (χ1v) is 9.31. The summed E-state index contributed by atoms with van der Waals surface area (Å²) >= 11 is 1.48. The number of rotatable bonds is 6. The summed E-state index contributed by atoms with van der Waals surface area (Å²) in [5.74, 6) is 0.928. The first kappa shape index (κ1) is 17.9. The monoisotopic (exact) mass is 360 g/mol. The van der Waals surface area contributed by atoms with Gasteiger partial charge in [0, 0.05) is 18.7 Å². The van der Waals surface area contributed by atoms with E-state index < -0.39 is 0 Å². The first-order chi connectivity index (χ1) is 12.1. The fourth-order valence-electron chi connectivity index (χ4n) is 2.70. The number of fused-ring (bicyclic) bond motifs is 1. The molecular weight excluding hydrogens is 336 g/mol. The van der Waals surface area contributed by atoms with Crippen LogP contribution in [0.3, 0.4) is 0 Å². The predicted octanol–water partition coefficient (Wildman–Crippen LogP) is 2.86. The molecule has 1 aliphatic rings. The van der Waals surface area contributed by atoms with E-state index in [2.05, 4.69) is 11.0 Å². The molecule has 0 fully saturated rings. The Morgan fingerprint density at radius 2 is 2.24 bits per heavy atom. The number of nitrogens with zero attached hydrogens (tertiary/aromatic N) is 2. The number of carbonyl (C=O) groups is 1. The lowest BCUT2D eigenvalue weighted by molar-refractivity contribution is 0.0738. The summed E-state index contributed by atoms with van der Waals surface area (Å²) in [5.41, 5.74) is 2.14. The molecule has 0 saturated carbocycles. The van der Waals surface area contributed by atoms with Crippen LogP contribution in [-0.2, 0) is 17.9 Å². The number of amides is 1. The Bertz CT molecular complexity index is 701. The fraction of sp³-hybridized carbons (Fsp3) is 0.421. The van der Waals surface area contributed by atoms with Crippen molar-refractivity contribution in [3.8, 4) is 5.75 Å². The van der Waals surface area contributed by atoms with Crippen LogP contribution in [0.5, 0.6) is 5.75 Å². The Labute approximate surface area is 152 Å². The summed E-state index contributed by atoms with van der Waals surface area (Å²) in [4.78, 5) is 17.4. The molecule has 1 amide bonds. The average molecular weight is 360 g/mol. The summed E-state index contributed by atoms with van der Waals surface area (Å²) in [6.07, 6.45) is 0. The molecule has 2 aromatic rings. The van der Waals surface area contributed by atoms with Gasteiger partial charge < -0.3 is 19.3 Å². The van der Waals surface area contributed by atoms with Crippen LogP contribution in [0.1, 0.15) is 20.8 Å². The molecule has 25 heavy (non-hydrogen) atoms. The summed E-state index contributed by atoms with van der Waals surface area (Å²) in [5, 5.41) is 1.93. The van der Waals surface area contributed by atoms with E-state index >= 15 is 0 Å². The molecule has 0 saturated heterocycles. The van der Waals surface area contributed by atoms with Crippen molar-refractivity contribution in [2.24, 2.45) is 0 Å². The molecule has 1 aromatic carbocycles. The summed E-state index contributed by atoms with van der Waals surface area (Å²) in [7, 11) is 4.06. The lowest BCUT2D eigenvalue weighted by Gasteiger charge is -2.19. The second kappa shape index (κ2) is 8.47. The lowest BCUT2D eigenvalue weighted by Crippen LogP contribution is -2.31. The van der Waals surface area contributed by atoms with Gasteiger partial charge in [-0.2, -0.15) is 0 Å². The number of likely N-dealkylation sites (N-methyl/N-ethyl adjacent to an activating group) is 1. The molecule has 1 aliphatic heterocycles. The van der Waals surface area contributed by atoms with Crippen molar-refractivity contribution in [2.75, 3.05) is 40.4 Å². The molecule has 0 bridgehead atoms. The van der Waals surface area contributed by atoms with E-state index in [4.69, 9.17) is 9.47 Å². The maximum atomic E-state index is 12.6. The van der Waals surface area contributed by atoms with E-state index in [1.165, 1.54) is 11.3 Å². The molecule has 0 N–H and O–H groups in total. The van der Waals surface area contributed by atoms with Gasteiger partial charge in [0.05, 0.1) is 24.6 Å². The van der Waals surface area contributed by atoms with Gasteiger partial charge >= 0.3 is 0 Å². The van der Waals surface area contributed by atoms with Crippen molar-refractivity contribution in [3.05, 3.63) is 51.7 Å². The smallest absolute Gasteiger partial charge is 0.264 e. The van der Waals surface area contributed by atoms with E-state index in [-0.39, 0.29) is 5.91 Å². The molecule has 0 aliphatic carbocycles. The highest BCUT2D eigenvalue weighted by molar-refractivity contribution is 7.12. The second-order valence-electron chi connectivity index (χ2n) is 6.35. The van der Waals surface area contributed by atoms with Gasteiger partial charge in [-0.25, -0.2) is 0 Å². The largest absolute Gasteiger partial charge is 0.491 e. The van der Waals surface area contributed by atoms with Gasteiger partial charge in [-0.1, -0.05) is 12.1 Å². The van der Waals surface area contributed by atoms with Gasteiger partial charge in [-0.3, -0.25) is 4.79 Å². The summed E-state index contributed by atoms with van der Waals surface area (Å²) in [6, 6.07) is 9.88. The Kier molecular flexibility index (Phi) is 6.07. The fourth-order valence-corrected chi connectivity index (χ4v) is 3.39. The third-order valence-corrected chi connectivity index (χ3v) is 4.93. The minimum Gasteiger partial charge on any atom is -0.491 e. The SMILES string of the molecule is CN(C)CCOCc1ccc2c(c1)CN(C(=O)c1cccs1)CCO2. The van der Waals surface area contributed by atoms with Crippen molar-refractivity contribution in [3.63, 3.8) is 0 Å². The Hall–Kier alpha value is -1.89. The third-order valence-electron chi connectivity index (χ3n) is 4.08. The van der Waals surface area contributed by atoms with Gasteiger partial charge in [0.1, 0.15) is 12.4 Å². The molecule has 0 unspecified atom stereocenters. The molecular formula is C19H24N2O3S. The van der Waals surface area contributed by atoms with E-state index in [9.17, 15) is 4.79 Å². The van der Waals surface area contributed by atoms with Crippen molar-refractivity contribution in [1.82, 2.24) is 9.80 Å². The lowest BCUT2D eigenvalue weighted by atomic mass is 10.1.